The third-order valence-electron chi connectivity index (χ3n) is 2.98. The Morgan fingerprint density at radius 1 is 1.41 bits per heavy atom. The minimum Gasteiger partial charge on any atom is -0.398 e. The molecule has 0 aliphatic carbocycles. The van der Waals surface area contributed by atoms with Gasteiger partial charge in [-0.25, -0.2) is 0 Å². The van der Waals surface area contributed by atoms with Crippen LogP contribution in [0.2, 0.25) is 0 Å². The standard InChI is InChI=1S/C13H19BrN2O/c1-3-9(4-2)8-16-13(17)10-6-5-7-11(15)12(10)14/h5-7,9H,3-4,8,15H2,1-2H3,(H,16,17). The van der Waals surface area contributed by atoms with E-state index >= 15 is 0 Å². The number of nitrogens with one attached hydrogen (secondary N) is 1. The van der Waals surface area contributed by atoms with Crippen LogP contribution in [-0.2, 0) is 0 Å². The van der Waals surface area contributed by atoms with Crippen LogP contribution in [0.25, 0.3) is 0 Å². The second-order valence-electron chi connectivity index (χ2n) is 4.10. The van der Waals surface area contributed by atoms with Crippen molar-refractivity contribution in [2.45, 2.75) is 26.7 Å². The molecular weight excluding hydrogens is 280 g/mol. The molecule has 0 unspecified atom stereocenters. The minimum absolute atomic E-state index is 0.0731. The molecule has 1 aromatic rings. The van der Waals surface area contributed by atoms with Crippen LogP contribution in [0.4, 0.5) is 5.69 Å². The maximum atomic E-state index is 12.0. The van der Waals surface area contributed by atoms with Crippen LogP contribution >= 0.6 is 15.9 Å². The number of carbonyl (C=O) groups is 1. The summed E-state index contributed by atoms with van der Waals surface area (Å²) in [6.45, 7) is 4.99. The number of nitrogen functional groups attached to an aromatic ring is 1. The zero-order chi connectivity index (χ0) is 12.8. The molecule has 0 saturated carbocycles. The summed E-state index contributed by atoms with van der Waals surface area (Å²) in [5.41, 5.74) is 6.92. The van der Waals surface area contributed by atoms with Crippen molar-refractivity contribution in [3.05, 3.63) is 28.2 Å². The fourth-order valence-electron chi connectivity index (χ4n) is 1.63. The van der Waals surface area contributed by atoms with Crippen molar-refractivity contribution >= 4 is 27.5 Å². The van der Waals surface area contributed by atoms with E-state index < -0.39 is 0 Å². The molecule has 1 rings (SSSR count). The van der Waals surface area contributed by atoms with Crippen molar-refractivity contribution in [3.63, 3.8) is 0 Å². The van der Waals surface area contributed by atoms with E-state index in [4.69, 9.17) is 5.73 Å². The SMILES string of the molecule is CCC(CC)CNC(=O)c1cccc(N)c1Br. The van der Waals surface area contributed by atoms with E-state index in [0.717, 1.165) is 12.8 Å². The summed E-state index contributed by atoms with van der Waals surface area (Å²) in [4.78, 5) is 12.0. The first-order chi connectivity index (χ1) is 8.10. The van der Waals surface area contributed by atoms with Crippen LogP contribution in [0.1, 0.15) is 37.0 Å². The number of hydrogen-bond acceptors (Lipinski definition) is 2. The topological polar surface area (TPSA) is 55.1 Å². The van der Waals surface area contributed by atoms with Gasteiger partial charge in [0.25, 0.3) is 5.91 Å². The van der Waals surface area contributed by atoms with Crippen LogP contribution in [0, 0.1) is 5.92 Å². The van der Waals surface area contributed by atoms with Crippen molar-refractivity contribution in [1.82, 2.24) is 5.32 Å². The third kappa shape index (κ3) is 3.73. The Hall–Kier alpha value is -1.03. The predicted octanol–water partition coefficient (Wildman–Crippen LogP) is 3.20. The molecule has 0 saturated heterocycles. The molecule has 0 fully saturated rings. The van der Waals surface area contributed by atoms with E-state index in [2.05, 4.69) is 35.1 Å². The zero-order valence-electron chi connectivity index (χ0n) is 10.3. The summed E-state index contributed by atoms with van der Waals surface area (Å²) >= 11 is 3.34. The first-order valence-electron chi connectivity index (χ1n) is 5.92. The molecule has 0 aliphatic heterocycles. The highest BCUT2D eigenvalue weighted by Gasteiger charge is 2.12. The lowest BCUT2D eigenvalue weighted by molar-refractivity contribution is 0.0945. The van der Waals surface area contributed by atoms with Crippen LogP contribution in [-0.4, -0.2) is 12.5 Å². The highest BCUT2D eigenvalue weighted by molar-refractivity contribution is 9.10. The largest absolute Gasteiger partial charge is 0.398 e. The summed E-state index contributed by atoms with van der Waals surface area (Å²) < 4.78 is 0.669. The van der Waals surface area contributed by atoms with Gasteiger partial charge in [-0.05, 0) is 34.0 Å². The van der Waals surface area contributed by atoms with Gasteiger partial charge in [0.05, 0.1) is 10.0 Å². The number of carbonyl (C=O) groups excluding carboxylic acids is 1. The Morgan fingerprint density at radius 2 is 2.06 bits per heavy atom. The van der Waals surface area contributed by atoms with Gasteiger partial charge in [-0.15, -0.1) is 0 Å². The van der Waals surface area contributed by atoms with Gasteiger partial charge in [0, 0.05) is 12.2 Å². The van der Waals surface area contributed by atoms with E-state index in [1.165, 1.54) is 0 Å². The Balaban J connectivity index is 2.67. The first kappa shape index (κ1) is 14.0. The maximum absolute atomic E-state index is 12.0. The Bertz CT molecular complexity index is 389. The van der Waals surface area contributed by atoms with Gasteiger partial charge in [0.2, 0.25) is 0 Å². The lowest BCUT2D eigenvalue weighted by atomic mass is 10.0. The molecule has 0 radical (unpaired) electrons. The monoisotopic (exact) mass is 298 g/mol. The minimum atomic E-state index is -0.0731. The summed E-state index contributed by atoms with van der Waals surface area (Å²) in [5, 5.41) is 2.94. The molecule has 0 bridgehead atoms. The summed E-state index contributed by atoms with van der Waals surface area (Å²) in [7, 11) is 0. The molecular formula is C13H19BrN2O. The number of hydrogen-bond donors (Lipinski definition) is 2. The third-order valence-corrected chi connectivity index (χ3v) is 3.86. The van der Waals surface area contributed by atoms with E-state index in [9.17, 15) is 4.79 Å². The Morgan fingerprint density at radius 3 is 2.65 bits per heavy atom. The molecule has 1 amide bonds. The molecule has 0 heterocycles. The number of amides is 1. The summed E-state index contributed by atoms with van der Waals surface area (Å²) in [5.74, 6) is 0.467. The van der Waals surface area contributed by atoms with E-state index in [-0.39, 0.29) is 5.91 Å². The van der Waals surface area contributed by atoms with Crippen LogP contribution in [0.5, 0.6) is 0 Å². The average Bonchev–Trinajstić information content (AvgIpc) is 2.33. The molecule has 94 valence electrons. The van der Waals surface area contributed by atoms with Crippen molar-refractivity contribution in [1.29, 1.82) is 0 Å². The molecule has 3 N–H and O–H groups in total. The second kappa shape index (κ2) is 6.64. The van der Waals surface area contributed by atoms with E-state index in [1.807, 2.05) is 0 Å². The summed E-state index contributed by atoms with van der Waals surface area (Å²) in [6, 6.07) is 5.32. The Kier molecular flexibility index (Phi) is 5.48. The zero-order valence-corrected chi connectivity index (χ0v) is 11.9. The molecule has 1 aromatic carbocycles. The molecule has 17 heavy (non-hydrogen) atoms. The average molecular weight is 299 g/mol. The molecule has 4 heteroatoms. The van der Waals surface area contributed by atoms with Crippen LogP contribution < -0.4 is 11.1 Å². The van der Waals surface area contributed by atoms with Gasteiger partial charge < -0.3 is 11.1 Å². The number of anilines is 1. The predicted molar refractivity (Wildman–Crippen MR) is 75.0 cm³/mol. The van der Waals surface area contributed by atoms with Crippen LogP contribution in [0.15, 0.2) is 22.7 Å². The molecule has 0 spiro atoms. The smallest absolute Gasteiger partial charge is 0.252 e. The number of nitrogens with two attached hydrogens (primary N) is 1. The molecule has 3 nitrogen and oxygen atoms in total. The number of halogens is 1. The van der Waals surface area contributed by atoms with Crippen molar-refractivity contribution < 1.29 is 4.79 Å². The van der Waals surface area contributed by atoms with Crippen LogP contribution in [0.3, 0.4) is 0 Å². The fraction of sp³-hybridized carbons (Fsp3) is 0.462. The highest BCUT2D eigenvalue weighted by Crippen LogP contribution is 2.23. The Labute approximate surface area is 111 Å². The van der Waals surface area contributed by atoms with Gasteiger partial charge in [0.15, 0.2) is 0 Å². The van der Waals surface area contributed by atoms with Crippen molar-refractivity contribution in [3.8, 4) is 0 Å². The maximum Gasteiger partial charge on any atom is 0.252 e. The quantitative estimate of drug-likeness (QED) is 0.820. The van der Waals surface area contributed by atoms with E-state index in [0.29, 0.717) is 28.2 Å². The van der Waals surface area contributed by atoms with Crippen molar-refractivity contribution in [2.24, 2.45) is 5.92 Å². The van der Waals surface area contributed by atoms with Crippen molar-refractivity contribution in [2.75, 3.05) is 12.3 Å². The lowest BCUT2D eigenvalue weighted by Gasteiger charge is -2.14. The highest BCUT2D eigenvalue weighted by atomic mass is 79.9. The van der Waals surface area contributed by atoms with Gasteiger partial charge >= 0.3 is 0 Å². The van der Waals surface area contributed by atoms with Gasteiger partial charge in [-0.3, -0.25) is 4.79 Å². The van der Waals surface area contributed by atoms with Gasteiger partial charge in [0.1, 0.15) is 0 Å². The first-order valence-corrected chi connectivity index (χ1v) is 6.71. The number of rotatable bonds is 5. The number of benzene rings is 1. The summed E-state index contributed by atoms with van der Waals surface area (Å²) in [6.07, 6.45) is 2.16. The molecule has 0 aromatic heterocycles. The lowest BCUT2D eigenvalue weighted by Crippen LogP contribution is -2.29. The molecule has 0 aliphatic rings. The molecule has 0 atom stereocenters. The van der Waals surface area contributed by atoms with Gasteiger partial charge in [-0.2, -0.15) is 0 Å². The second-order valence-corrected chi connectivity index (χ2v) is 4.89. The normalized spacial score (nSPS) is 10.6. The fourth-order valence-corrected chi connectivity index (χ4v) is 2.08. The van der Waals surface area contributed by atoms with E-state index in [1.54, 1.807) is 18.2 Å². The van der Waals surface area contributed by atoms with Gasteiger partial charge in [-0.1, -0.05) is 32.8 Å².